The molecule has 8 heteroatoms. The van der Waals surface area contributed by atoms with Crippen LogP contribution in [0.5, 0.6) is 11.5 Å². The molecule has 1 atom stereocenters. The third kappa shape index (κ3) is 4.55. The first-order valence-electron chi connectivity index (χ1n) is 9.60. The number of carbonyl (C=O) groups excluding carboxylic acids is 1. The second kappa shape index (κ2) is 8.95. The Labute approximate surface area is 165 Å². The SMILES string of the molecule is COc1ccc(CN(C(=O)N[C@@H](C)c2nc(C)no2)C2CCCC2)cc1OC. The molecule has 1 N–H and O–H groups in total. The van der Waals surface area contributed by atoms with Crippen molar-refractivity contribution in [1.29, 1.82) is 0 Å². The lowest BCUT2D eigenvalue weighted by Gasteiger charge is -2.30. The minimum Gasteiger partial charge on any atom is -0.493 e. The molecule has 0 saturated heterocycles. The Morgan fingerprint density at radius 3 is 2.61 bits per heavy atom. The summed E-state index contributed by atoms with van der Waals surface area (Å²) in [6.45, 7) is 4.09. The maximum atomic E-state index is 13.1. The van der Waals surface area contributed by atoms with Crippen molar-refractivity contribution in [3.63, 3.8) is 0 Å². The van der Waals surface area contributed by atoms with E-state index in [9.17, 15) is 4.79 Å². The first-order chi connectivity index (χ1) is 13.5. The van der Waals surface area contributed by atoms with Gasteiger partial charge >= 0.3 is 6.03 Å². The van der Waals surface area contributed by atoms with E-state index >= 15 is 0 Å². The summed E-state index contributed by atoms with van der Waals surface area (Å²) in [7, 11) is 3.22. The lowest BCUT2D eigenvalue weighted by molar-refractivity contribution is 0.165. The molecule has 2 amide bonds. The van der Waals surface area contributed by atoms with E-state index in [4.69, 9.17) is 14.0 Å². The van der Waals surface area contributed by atoms with Crippen LogP contribution >= 0.6 is 0 Å². The lowest BCUT2D eigenvalue weighted by atomic mass is 10.1. The predicted octanol–water partition coefficient (Wildman–Crippen LogP) is 3.61. The van der Waals surface area contributed by atoms with Gasteiger partial charge in [0, 0.05) is 12.6 Å². The van der Waals surface area contributed by atoms with Crippen LogP contribution in [0.2, 0.25) is 0 Å². The van der Waals surface area contributed by atoms with E-state index in [0.717, 1.165) is 31.2 Å². The van der Waals surface area contributed by atoms with Crippen molar-refractivity contribution in [3.8, 4) is 11.5 Å². The van der Waals surface area contributed by atoms with Gasteiger partial charge in [-0.3, -0.25) is 0 Å². The largest absolute Gasteiger partial charge is 0.493 e. The van der Waals surface area contributed by atoms with E-state index in [0.29, 0.717) is 29.8 Å². The molecule has 152 valence electrons. The zero-order valence-corrected chi connectivity index (χ0v) is 16.9. The predicted molar refractivity (Wildman–Crippen MR) is 103 cm³/mol. The highest BCUT2D eigenvalue weighted by molar-refractivity contribution is 5.75. The van der Waals surface area contributed by atoms with Crippen LogP contribution in [0.25, 0.3) is 0 Å². The van der Waals surface area contributed by atoms with Crippen LogP contribution in [0.15, 0.2) is 22.7 Å². The molecular weight excluding hydrogens is 360 g/mol. The van der Waals surface area contributed by atoms with E-state index in [2.05, 4.69) is 15.5 Å². The summed E-state index contributed by atoms with van der Waals surface area (Å²) in [6, 6.07) is 5.46. The summed E-state index contributed by atoms with van der Waals surface area (Å²) in [4.78, 5) is 19.2. The third-order valence-electron chi connectivity index (χ3n) is 5.08. The van der Waals surface area contributed by atoms with E-state index in [1.807, 2.05) is 30.0 Å². The molecule has 8 nitrogen and oxygen atoms in total. The summed E-state index contributed by atoms with van der Waals surface area (Å²) in [5.74, 6) is 2.28. The van der Waals surface area contributed by atoms with Crippen molar-refractivity contribution in [2.45, 2.75) is 58.2 Å². The Morgan fingerprint density at radius 2 is 2.00 bits per heavy atom. The number of nitrogens with zero attached hydrogens (tertiary/aromatic N) is 3. The first-order valence-corrected chi connectivity index (χ1v) is 9.60. The standard InChI is InChI=1S/C20H28N4O4/c1-13(19-22-14(2)23-28-19)21-20(25)24(16-7-5-6-8-16)12-15-9-10-17(26-3)18(11-15)27-4/h9-11,13,16H,5-8,12H2,1-4H3,(H,21,25)/t13-/m0/s1. The van der Waals surface area contributed by atoms with Crippen molar-refractivity contribution >= 4 is 6.03 Å². The number of urea groups is 1. The third-order valence-corrected chi connectivity index (χ3v) is 5.08. The molecule has 1 heterocycles. The molecule has 0 aliphatic heterocycles. The number of benzene rings is 1. The zero-order chi connectivity index (χ0) is 20.1. The zero-order valence-electron chi connectivity index (χ0n) is 16.9. The molecule has 3 rings (SSSR count). The number of amides is 2. The number of aromatic nitrogens is 2. The summed E-state index contributed by atoms with van der Waals surface area (Å²) in [5, 5.41) is 6.79. The van der Waals surface area contributed by atoms with Crippen LogP contribution in [0, 0.1) is 6.92 Å². The topological polar surface area (TPSA) is 89.7 Å². The van der Waals surface area contributed by atoms with Crippen LogP contribution in [0.1, 0.15) is 55.9 Å². The van der Waals surface area contributed by atoms with Gasteiger partial charge in [0.25, 0.3) is 0 Å². The molecule has 1 aliphatic carbocycles. The average molecular weight is 388 g/mol. The highest BCUT2D eigenvalue weighted by Gasteiger charge is 2.29. The van der Waals surface area contributed by atoms with E-state index in [1.54, 1.807) is 21.1 Å². The number of hydrogen-bond donors (Lipinski definition) is 1. The lowest BCUT2D eigenvalue weighted by Crippen LogP contribution is -2.45. The number of hydrogen-bond acceptors (Lipinski definition) is 6. The molecular formula is C20H28N4O4. The molecule has 0 bridgehead atoms. The van der Waals surface area contributed by atoms with Crippen molar-refractivity contribution in [2.24, 2.45) is 0 Å². The Hall–Kier alpha value is -2.77. The monoisotopic (exact) mass is 388 g/mol. The second-order valence-electron chi connectivity index (χ2n) is 7.11. The van der Waals surface area contributed by atoms with Crippen LogP contribution in [0.4, 0.5) is 4.79 Å². The smallest absolute Gasteiger partial charge is 0.318 e. The number of rotatable bonds is 7. The van der Waals surface area contributed by atoms with Gasteiger partial charge in [-0.1, -0.05) is 24.1 Å². The fraction of sp³-hybridized carbons (Fsp3) is 0.550. The van der Waals surface area contributed by atoms with Crippen LogP contribution in [-0.4, -0.2) is 41.3 Å². The van der Waals surface area contributed by atoms with E-state index < -0.39 is 0 Å². The summed E-state index contributed by atoms with van der Waals surface area (Å²) in [5.41, 5.74) is 0.987. The molecule has 2 aromatic rings. The van der Waals surface area contributed by atoms with Gasteiger partial charge in [-0.2, -0.15) is 4.98 Å². The van der Waals surface area contributed by atoms with Crippen molar-refractivity contribution < 1.29 is 18.8 Å². The van der Waals surface area contributed by atoms with Crippen LogP contribution in [-0.2, 0) is 6.54 Å². The van der Waals surface area contributed by atoms with Gasteiger partial charge in [0.05, 0.1) is 14.2 Å². The van der Waals surface area contributed by atoms with Crippen LogP contribution in [0.3, 0.4) is 0 Å². The van der Waals surface area contributed by atoms with Crippen molar-refractivity contribution in [2.75, 3.05) is 14.2 Å². The highest BCUT2D eigenvalue weighted by Crippen LogP contribution is 2.30. The molecule has 0 spiro atoms. The number of aryl methyl sites for hydroxylation is 1. The quantitative estimate of drug-likeness (QED) is 0.779. The van der Waals surface area contributed by atoms with Gasteiger partial charge in [-0.15, -0.1) is 0 Å². The Kier molecular flexibility index (Phi) is 6.38. The molecule has 0 unspecified atom stereocenters. The maximum absolute atomic E-state index is 13.1. The number of carbonyl (C=O) groups is 1. The minimum absolute atomic E-state index is 0.134. The molecule has 1 aromatic heterocycles. The van der Waals surface area contributed by atoms with E-state index in [-0.39, 0.29) is 18.1 Å². The number of ether oxygens (including phenoxy) is 2. The normalized spacial score (nSPS) is 15.3. The van der Waals surface area contributed by atoms with Gasteiger partial charge in [-0.25, -0.2) is 4.79 Å². The van der Waals surface area contributed by atoms with Gasteiger partial charge in [0.2, 0.25) is 5.89 Å². The molecule has 1 aromatic carbocycles. The van der Waals surface area contributed by atoms with E-state index in [1.165, 1.54) is 0 Å². The highest BCUT2D eigenvalue weighted by atomic mass is 16.5. The van der Waals surface area contributed by atoms with Gasteiger partial charge in [0.15, 0.2) is 17.3 Å². The molecule has 28 heavy (non-hydrogen) atoms. The molecule has 0 radical (unpaired) electrons. The summed E-state index contributed by atoms with van der Waals surface area (Å²) in [6.07, 6.45) is 4.29. The average Bonchev–Trinajstić information content (AvgIpc) is 3.37. The Bertz CT molecular complexity index is 801. The van der Waals surface area contributed by atoms with Crippen LogP contribution < -0.4 is 14.8 Å². The second-order valence-corrected chi connectivity index (χ2v) is 7.11. The Balaban J connectivity index is 1.76. The minimum atomic E-state index is -0.358. The van der Waals surface area contributed by atoms with Gasteiger partial charge < -0.3 is 24.2 Å². The molecule has 1 aliphatic rings. The van der Waals surface area contributed by atoms with Gasteiger partial charge in [-0.05, 0) is 44.4 Å². The number of nitrogens with one attached hydrogen (secondary N) is 1. The maximum Gasteiger partial charge on any atom is 0.318 e. The fourth-order valence-corrected chi connectivity index (χ4v) is 3.58. The van der Waals surface area contributed by atoms with Crippen molar-refractivity contribution in [1.82, 2.24) is 20.4 Å². The Morgan fingerprint density at radius 1 is 1.29 bits per heavy atom. The van der Waals surface area contributed by atoms with Gasteiger partial charge in [0.1, 0.15) is 6.04 Å². The number of methoxy groups -OCH3 is 2. The fourth-order valence-electron chi connectivity index (χ4n) is 3.58. The summed E-state index contributed by atoms with van der Waals surface area (Å²) >= 11 is 0. The summed E-state index contributed by atoms with van der Waals surface area (Å²) < 4.78 is 15.9. The molecule has 1 saturated carbocycles. The van der Waals surface area contributed by atoms with Crippen molar-refractivity contribution in [3.05, 3.63) is 35.5 Å². The first kappa shape index (κ1) is 20.0. The molecule has 1 fully saturated rings.